The number of carbonyl (C=O) groups excluding carboxylic acids is 1. The lowest BCUT2D eigenvalue weighted by atomic mass is 10.4. The number of rotatable bonds is 2. The van der Waals surface area contributed by atoms with E-state index in [9.17, 15) is 4.79 Å². The lowest BCUT2D eigenvalue weighted by Gasteiger charge is -2.10. The third kappa shape index (κ3) is 2.67. The molecule has 1 rings (SSSR count). The van der Waals surface area contributed by atoms with Crippen molar-refractivity contribution in [3.63, 3.8) is 0 Å². The number of ether oxygens (including phenoxy) is 1. The van der Waals surface area contributed by atoms with E-state index >= 15 is 0 Å². The predicted molar refractivity (Wildman–Crippen MR) is 50.7 cm³/mol. The molecule has 0 amide bonds. The summed E-state index contributed by atoms with van der Waals surface area (Å²) in [4.78, 5) is 16.0. The van der Waals surface area contributed by atoms with Crippen LogP contribution in [0.3, 0.4) is 0 Å². The Balaban J connectivity index is 2.65. The number of esters is 1. The molecule has 1 fully saturated rings. The minimum Gasteiger partial charge on any atom is -0.474 e. The van der Waals surface area contributed by atoms with Gasteiger partial charge in [-0.25, -0.2) is 4.85 Å². The molecule has 4 nitrogen and oxygen atoms in total. The molecule has 1 saturated heterocycles. The average Bonchev–Trinajstić information content (AvgIpc) is 2.65. The summed E-state index contributed by atoms with van der Waals surface area (Å²) >= 11 is 1.78. The molecule has 0 bridgehead atoms. The third-order valence-corrected chi connectivity index (χ3v) is 2.59. The zero-order valence-corrected chi connectivity index (χ0v) is 8.13. The first-order valence-electron chi connectivity index (χ1n) is 3.77. The fourth-order valence-corrected chi connectivity index (χ4v) is 1.87. The first kappa shape index (κ1) is 9.93. The van der Waals surface area contributed by atoms with Crippen molar-refractivity contribution < 1.29 is 9.53 Å². The van der Waals surface area contributed by atoms with Gasteiger partial charge in [-0.1, -0.05) is 0 Å². The van der Waals surface area contributed by atoms with Crippen molar-refractivity contribution in [1.82, 2.24) is 4.90 Å². The smallest absolute Gasteiger partial charge is 0.337 e. The molecule has 1 aliphatic heterocycles. The molecule has 70 valence electrons. The molecule has 5 heteroatoms. The molecule has 0 radical (unpaired) electrons. The van der Waals surface area contributed by atoms with E-state index in [0.717, 1.165) is 18.2 Å². The van der Waals surface area contributed by atoms with Gasteiger partial charge in [0, 0.05) is 18.5 Å². The maximum atomic E-state index is 11.0. The Morgan fingerprint density at radius 1 is 1.77 bits per heavy atom. The maximum Gasteiger partial charge on any atom is 0.337 e. The van der Waals surface area contributed by atoms with Gasteiger partial charge in [0.1, 0.15) is 0 Å². The van der Waals surface area contributed by atoms with Crippen molar-refractivity contribution >= 4 is 17.7 Å². The number of carbonyl (C=O) groups is 1. The average molecular weight is 198 g/mol. The first-order valence-corrected chi connectivity index (χ1v) is 4.93. The minimum absolute atomic E-state index is 0.0463. The lowest BCUT2D eigenvalue weighted by molar-refractivity contribution is -0.135. The van der Waals surface area contributed by atoms with Crippen LogP contribution >= 0.6 is 11.8 Å². The van der Waals surface area contributed by atoms with Crippen molar-refractivity contribution in [2.45, 2.75) is 0 Å². The van der Waals surface area contributed by atoms with Crippen LogP contribution in [-0.4, -0.2) is 36.2 Å². The van der Waals surface area contributed by atoms with Gasteiger partial charge in [0.2, 0.25) is 0 Å². The van der Waals surface area contributed by atoms with Gasteiger partial charge in [-0.2, -0.15) is 0 Å². The van der Waals surface area contributed by atoms with E-state index in [-0.39, 0.29) is 5.70 Å². The van der Waals surface area contributed by atoms with Gasteiger partial charge < -0.3 is 9.64 Å². The van der Waals surface area contributed by atoms with E-state index < -0.39 is 5.97 Å². The summed E-state index contributed by atoms with van der Waals surface area (Å²) in [5.74, 6) is 1.32. The Hall–Kier alpha value is -1.15. The van der Waals surface area contributed by atoms with Crippen LogP contribution in [0.25, 0.3) is 4.85 Å². The van der Waals surface area contributed by atoms with Gasteiger partial charge in [-0.3, -0.25) is 4.79 Å². The molecule has 0 aliphatic carbocycles. The van der Waals surface area contributed by atoms with E-state index in [4.69, 9.17) is 6.57 Å². The second kappa shape index (κ2) is 4.77. The van der Waals surface area contributed by atoms with Crippen LogP contribution in [0.2, 0.25) is 0 Å². The van der Waals surface area contributed by atoms with Gasteiger partial charge in [-0.15, -0.1) is 11.8 Å². The Kier molecular flexibility index (Phi) is 3.65. The van der Waals surface area contributed by atoms with Crippen molar-refractivity contribution in [1.29, 1.82) is 0 Å². The zero-order valence-electron chi connectivity index (χ0n) is 7.32. The Morgan fingerprint density at radius 3 is 3.00 bits per heavy atom. The first-order chi connectivity index (χ1) is 6.27. The molecule has 0 N–H and O–H groups in total. The molecule has 1 heterocycles. The van der Waals surface area contributed by atoms with Crippen LogP contribution in [0.5, 0.6) is 0 Å². The molecule has 0 aromatic heterocycles. The van der Waals surface area contributed by atoms with Crippen molar-refractivity contribution in [3.05, 3.63) is 23.3 Å². The molecule has 13 heavy (non-hydrogen) atoms. The largest absolute Gasteiger partial charge is 0.474 e. The van der Waals surface area contributed by atoms with Crippen LogP contribution in [0.15, 0.2) is 11.9 Å². The SMILES string of the molecule is [C-]#[N+]/C(=C\N1CCSC1)C(=O)OC. The summed E-state index contributed by atoms with van der Waals surface area (Å²) in [5.41, 5.74) is 0.0463. The van der Waals surface area contributed by atoms with E-state index in [0.29, 0.717) is 0 Å². The maximum absolute atomic E-state index is 11.0. The Labute approximate surface area is 81.4 Å². The highest BCUT2D eigenvalue weighted by Gasteiger charge is 2.14. The summed E-state index contributed by atoms with van der Waals surface area (Å²) in [6.45, 7) is 7.67. The summed E-state index contributed by atoms with van der Waals surface area (Å²) < 4.78 is 4.46. The molecule has 0 atom stereocenters. The molecular weight excluding hydrogens is 188 g/mol. The second-order valence-corrected chi connectivity index (χ2v) is 3.54. The molecule has 0 saturated carbocycles. The van der Waals surface area contributed by atoms with Crippen LogP contribution in [0.1, 0.15) is 0 Å². The minimum atomic E-state index is -0.563. The van der Waals surface area contributed by atoms with Crippen LogP contribution in [0, 0.1) is 6.57 Å². The summed E-state index contributed by atoms with van der Waals surface area (Å²) in [6.07, 6.45) is 1.57. The van der Waals surface area contributed by atoms with Gasteiger partial charge in [0.15, 0.2) is 0 Å². The van der Waals surface area contributed by atoms with Gasteiger partial charge >= 0.3 is 5.97 Å². The Bertz CT molecular complexity index is 264. The van der Waals surface area contributed by atoms with E-state index in [1.54, 1.807) is 18.0 Å². The number of hydrogen-bond donors (Lipinski definition) is 0. The van der Waals surface area contributed by atoms with Crippen LogP contribution in [0.4, 0.5) is 0 Å². The van der Waals surface area contributed by atoms with Gasteiger partial charge in [0.05, 0.1) is 19.6 Å². The molecule has 1 aliphatic rings. The lowest BCUT2D eigenvalue weighted by Crippen LogP contribution is -2.14. The van der Waals surface area contributed by atoms with Crippen LogP contribution < -0.4 is 0 Å². The number of thioether (sulfide) groups is 1. The number of methoxy groups -OCH3 is 1. The fourth-order valence-electron chi connectivity index (χ4n) is 0.935. The van der Waals surface area contributed by atoms with Crippen molar-refractivity contribution in [3.8, 4) is 0 Å². The number of nitrogens with zero attached hydrogens (tertiary/aromatic N) is 2. The van der Waals surface area contributed by atoms with Crippen LogP contribution in [-0.2, 0) is 9.53 Å². The molecule has 0 aromatic carbocycles. The quantitative estimate of drug-likeness (QED) is 0.375. The molecule has 0 unspecified atom stereocenters. The molecule has 0 aromatic rings. The Morgan fingerprint density at radius 2 is 2.54 bits per heavy atom. The monoisotopic (exact) mass is 198 g/mol. The van der Waals surface area contributed by atoms with E-state index in [1.165, 1.54) is 7.11 Å². The summed E-state index contributed by atoms with van der Waals surface area (Å²) in [6, 6.07) is 0. The highest BCUT2D eigenvalue weighted by molar-refractivity contribution is 7.99. The summed E-state index contributed by atoms with van der Waals surface area (Å²) in [5, 5.41) is 0. The van der Waals surface area contributed by atoms with E-state index in [1.807, 2.05) is 4.90 Å². The normalized spacial score (nSPS) is 16.9. The van der Waals surface area contributed by atoms with Crippen molar-refractivity contribution in [2.75, 3.05) is 25.3 Å². The topological polar surface area (TPSA) is 33.9 Å². The van der Waals surface area contributed by atoms with E-state index in [2.05, 4.69) is 9.58 Å². The zero-order chi connectivity index (χ0) is 9.68. The predicted octanol–water partition coefficient (Wildman–Crippen LogP) is 0.926. The highest BCUT2D eigenvalue weighted by atomic mass is 32.2. The van der Waals surface area contributed by atoms with Gasteiger partial charge in [-0.05, 0) is 0 Å². The van der Waals surface area contributed by atoms with Gasteiger partial charge in [0.25, 0.3) is 5.70 Å². The second-order valence-electron chi connectivity index (χ2n) is 2.47. The van der Waals surface area contributed by atoms with Crippen molar-refractivity contribution in [2.24, 2.45) is 0 Å². The molecule has 0 spiro atoms. The third-order valence-electron chi connectivity index (χ3n) is 1.60. The highest BCUT2D eigenvalue weighted by Crippen LogP contribution is 2.15. The standard InChI is InChI=1S/C8H10N2O2S/c1-9-7(8(11)12-2)5-10-3-4-13-6-10/h5H,3-4,6H2,2H3/b7-5-. The molecular formula is C8H10N2O2S. The summed E-state index contributed by atoms with van der Waals surface area (Å²) in [7, 11) is 1.28. The fraction of sp³-hybridized carbons (Fsp3) is 0.500. The number of hydrogen-bond acceptors (Lipinski definition) is 4.